The molecule has 34 heavy (non-hydrogen) atoms. The Morgan fingerprint density at radius 2 is 2.00 bits per heavy atom. The predicted molar refractivity (Wildman–Crippen MR) is 131 cm³/mol. The number of benzene rings is 3. The first-order valence-electron chi connectivity index (χ1n) is 9.70. The number of anilines is 1. The summed E-state index contributed by atoms with van der Waals surface area (Å²) < 4.78 is 40.0. The van der Waals surface area contributed by atoms with Gasteiger partial charge >= 0.3 is 6.18 Å². The highest BCUT2D eigenvalue weighted by molar-refractivity contribution is 8.01. The molecule has 0 aliphatic rings. The second-order valence-corrected chi connectivity index (χ2v) is 9.70. The minimum absolute atomic E-state index is 0.00484. The third-order valence-electron chi connectivity index (χ3n) is 4.50. The maximum absolute atomic E-state index is 12.8. The van der Waals surface area contributed by atoms with Gasteiger partial charge in [-0.3, -0.25) is 9.79 Å². The lowest BCUT2D eigenvalue weighted by molar-refractivity contribution is -0.137. The zero-order chi connectivity index (χ0) is 24.3. The van der Waals surface area contributed by atoms with Gasteiger partial charge in [-0.05, 0) is 54.6 Å². The molecule has 4 aromatic rings. The predicted octanol–water partition coefficient (Wildman–Crippen LogP) is 7.16. The average Bonchev–Trinajstić information content (AvgIpc) is 3.20. The highest BCUT2D eigenvalue weighted by Gasteiger charge is 2.30. The van der Waals surface area contributed by atoms with Gasteiger partial charge in [0, 0.05) is 22.5 Å². The van der Waals surface area contributed by atoms with Gasteiger partial charge in [-0.25, -0.2) is 4.98 Å². The fourth-order valence-corrected chi connectivity index (χ4v) is 4.99. The van der Waals surface area contributed by atoms with Gasteiger partial charge in [-0.15, -0.1) is 11.3 Å². The second-order valence-electron chi connectivity index (χ2n) is 7.01. The quantitative estimate of drug-likeness (QED) is 0.208. The molecule has 0 saturated heterocycles. The van der Waals surface area contributed by atoms with Gasteiger partial charge in [0.15, 0.2) is 4.34 Å². The largest absolute Gasteiger partial charge is 0.507 e. The molecule has 0 fully saturated rings. The van der Waals surface area contributed by atoms with Crippen LogP contribution in [0.3, 0.4) is 0 Å². The number of thioether (sulfide) groups is 1. The summed E-state index contributed by atoms with van der Waals surface area (Å²) in [4.78, 5) is 21.0. The molecule has 5 nitrogen and oxygen atoms in total. The van der Waals surface area contributed by atoms with Crippen LogP contribution in [0.15, 0.2) is 70.0 Å². The molecular formula is C23H15ClF3N3O2S2. The van der Waals surface area contributed by atoms with Crippen molar-refractivity contribution >= 4 is 68.4 Å². The van der Waals surface area contributed by atoms with Gasteiger partial charge in [0.1, 0.15) is 5.75 Å². The third-order valence-corrected chi connectivity index (χ3v) is 6.89. The summed E-state index contributed by atoms with van der Waals surface area (Å²) in [6.45, 7) is 0. The Morgan fingerprint density at radius 3 is 2.79 bits per heavy atom. The maximum atomic E-state index is 12.8. The van der Waals surface area contributed by atoms with E-state index in [0.717, 1.165) is 22.3 Å². The van der Waals surface area contributed by atoms with Gasteiger partial charge in [0.25, 0.3) is 0 Å². The first-order valence-corrected chi connectivity index (χ1v) is 11.9. The number of fused-ring (bicyclic) bond motifs is 1. The Bertz CT molecular complexity index is 1390. The van der Waals surface area contributed by atoms with Crippen molar-refractivity contribution in [2.75, 3.05) is 11.1 Å². The van der Waals surface area contributed by atoms with Crippen molar-refractivity contribution in [3.8, 4) is 5.75 Å². The molecule has 2 N–H and O–H groups in total. The van der Waals surface area contributed by atoms with E-state index in [-0.39, 0.29) is 17.2 Å². The Balaban J connectivity index is 1.40. The van der Waals surface area contributed by atoms with Crippen molar-refractivity contribution in [2.24, 2.45) is 4.99 Å². The lowest BCUT2D eigenvalue weighted by atomic mass is 10.2. The average molecular weight is 522 g/mol. The highest BCUT2D eigenvalue weighted by Crippen LogP contribution is 2.33. The minimum Gasteiger partial charge on any atom is -0.507 e. The summed E-state index contributed by atoms with van der Waals surface area (Å²) in [6, 6.07) is 14.6. The van der Waals surface area contributed by atoms with Crippen LogP contribution >= 0.6 is 34.7 Å². The molecule has 4 rings (SSSR count). The van der Waals surface area contributed by atoms with Gasteiger partial charge in [0.2, 0.25) is 5.91 Å². The first kappa shape index (κ1) is 24.1. The van der Waals surface area contributed by atoms with Crippen molar-refractivity contribution in [2.45, 2.75) is 10.5 Å². The van der Waals surface area contributed by atoms with Crippen LogP contribution in [0.25, 0.3) is 10.2 Å². The Kier molecular flexibility index (Phi) is 7.11. The smallest absolute Gasteiger partial charge is 0.416 e. The van der Waals surface area contributed by atoms with Crippen LogP contribution in [0.1, 0.15) is 11.1 Å². The molecule has 3 aromatic carbocycles. The molecule has 1 heterocycles. The van der Waals surface area contributed by atoms with Gasteiger partial charge < -0.3 is 10.4 Å². The van der Waals surface area contributed by atoms with Crippen molar-refractivity contribution in [3.05, 3.63) is 76.8 Å². The SMILES string of the molecule is O=C(CSc1nc2ccc(N=Cc3cc(Cl)ccc3O)cc2s1)Nc1cccc(C(F)(F)F)c1. The van der Waals surface area contributed by atoms with Gasteiger partial charge in [-0.1, -0.05) is 29.4 Å². The number of phenols is 1. The molecule has 0 saturated carbocycles. The van der Waals surface area contributed by atoms with E-state index in [9.17, 15) is 23.1 Å². The molecule has 0 aliphatic carbocycles. The number of carbonyl (C=O) groups excluding carboxylic acids is 1. The lowest BCUT2D eigenvalue weighted by Crippen LogP contribution is -2.14. The number of phenolic OH excluding ortho intramolecular Hbond substituents is 1. The number of nitrogens with zero attached hydrogens (tertiary/aromatic N) is 2. The number of alkyl halides is 3. The number of thiazole rings is 1. The van der Waals surface area contributed by atoms with E-state index < -0.39 is 17.6 Å². The number of hydrogen-bond acceptors (Lipinski definition) is 6. The van der Waals surface area contributed by atoms with Crippen LogP contribution in [0.4, 0.5) is 24.5 Å². The van der Waals surface area contributed by atoms with Crippen LogP contribution in [0.2, 0.25) is 5.02 Å². The molecule has 11 heteroatoms. The highest BCUT2D eigenvalue weighted by atomic mass is 35.5. The number of nitrogens with one attached hydrogen (secondary N) is 1. The van der Waals surface area contributed by atoms with Crippen LogP contribution < -0.4 is 5.32 Å². The van der Waals surface area contributed by atoms with E-state index in [1.807, 2.05) is 6.07 Å². The van der Waals surface area contributed by atoms with Gasteiger partial charge in [-0.2, -0.15) is 13.2 Å². The zero-order valence-electron chi connectivity index (χ0n) is 17.1. The van der Waals surface area contributed by atoms with Crippen molar-refractivity contribution < 1.29 is 23.1 Å². The number of aromatic nitrogens is 1. The number of hydrogen-bond donors (Lipinski definition) is 2. The molecule has 1 aromatic heterocycles. The fraction of sp³-hybridized carbons (Fsp3) is 0.0870. The molecular weight excluding hydrogens is 507 g/mol. The number of halogens is 4. The van der Waals surface area contributed by atoms with Crippen LogP contribution in [-0.2, 0) is 11.0 Å². The molecule has 0 aliphatic heterocycles. The molecule has 0 radical (unpaired) electrons. The number of carbonyl (C=O) groups is 1. The Labute approximate surface area is 205 Å². The van der Waals surface area contributed by atoms with Crippen LogP contribution in [0, 0.1) is 0 Å². The summed E-state index contributed by atoms with van der Waals surface area (Å²) in [5.41, 5.74) is 1.12. The monoisotopic (exact) mass is 521 g/mol. The van der Waals surface area contributed by atoms with E-state index in [0.29, 0.717) is 20.6 Å². The number of amides is 1. The summed E-state index contributed by atoms with van der Waals surface area (Å²) in [5, 5.41) is 12.8. The third kappa shape index (κ3) is 6.07. The van der Waals surface area contributed by atoms with Gasteiger partial charge in [0.05, 0.1) is 27.2 Å². The van der Waals surface area contributed by atoms with E-state index in [2.05, 4.69) is 15.3 Å². The summed E-state index contributed by atoms with van der Waals surface area (Å²) in [6.07, 6.45) is -2.97. The van der Waals surface area contributed by atoms with Crippen molar-refractivity contribution in [3.63, 3.8) is 0 Å². The van der Waals surface area contributed by atoms with Crippen molar-refractivity contribution in [1.82, 2.24) is 4.98 Å². The van der Waals surface area contributed by atoms with Crippen LogP contribution in [-0.4, -0.2) is 28.0 Å². The summed E-state index contributed by atoms with van der Waals surface area (Å²) in [7, 11) is 0. The Hall–Kier alpha value is -3.08. The first-order chi connectivity index (χ1) is 16.2. The van der Waals surface area contributed by atoms with E-state index in [1.165, 1.54) is 47.5 Å². The summed E-state index contributed by atoms with van der Waals surface area (Å²) in [5.74, 6) is -0.376. The molecule has 174 valence electrons. The number of aromatic hydroxyl groups is 1. The lowest BCUT2D eigenvalue weighted by Gasteiger charge is -2.09. The van der Waals surface area contributed by atoms with Crippen LogP contribution in [0.5, 0.6) is 5.75 Å². The number of aliphatic imine (C=N–C) groups is 1. The zero-order valence-corrected chi connectivity index (χ0v) is 19.5. The molecule has 0 spiro atoms. The molecule has 1 amide bonds. The molecule has 0 bridgehead atoms. The van der Waals surface area contributed by atoms with Crippen molar-refractivity contribution in [1.29, 1.82) is 0 Å². The summed E-state index contributed by atoms with van der Waals surface area (Å²) >= 11 is 8.51. The standard InChI is InChI=1S/C23H15ClF3N3O2S2/c24-15-4-7-19(31)13(8-15)11-28-16-5-6-18-20(10-16)34-22(30-18)33-12-21(32)29-17-3-1-2-14(9-17)23(25,26)27/h1-11,31H,12H2,(H,29,32). The molecule has 0 atom stereocenters. The van der Waals surface area contributed by atoms with E-state index >= 15 is 0 Å². The normalized spacial score (nSPS) is 11.9. The maximum Gasteiger partial charge on any atom is 0.416 e. The Morgan fingerprint density at radius 1 is 1.18 bits per heavy atom. The minimum atomic E-state index is -4.48. The van der Waals surface area contributed by atoms with E-state index in [1.54, 1.807) is 24.3 Å². The topological polar surface area (TPSA) is 74.6 Å². The second kappa shape index (κ2) is 10.0. The number of rotatable bonds is 6. The molecule has 0 unspecified atom stereocenters. The van der Waals surface area contributed by atoms with E-state index in [4.69, 9.17) is 11.6 Å². The fourth-order valence-electron chi connectivity index (χ4n) is 2.90.